The van der Waals surface area contributed by atoms with Crippen LogP contribution >= 0.6 is 0 Å². The number of rotatable bonds is 4. The monoisotopic (exact) mass is 234 g/mol. The maximum atomic E-state index is 3.46. The highest BCUT2D eigenvalue weighted by Gasteiger charge is 2.32. The van der Waals surface area contributed by atoms with E-state index in [-0.39, 0.29) is 5.54 Å². The third kappa shape index (κ3) is 2.88. The largest absolute Gasteiger partial charge is 0.311 e. The van der Waals surface area contributed by atoms with Crippen LogP contribution in [0, 0.1) is 13.8 Å². The Balaban J connectivity index is 3.18. The van der Waals surface area contributed by atoms with Gasteiger partial charge in [-0.1, -0.05) is 23.8 Å². The second-order valence-corrected chi connectivity index (χ2v) is 5.63. The lowest BCUT2D eigenvalue weighted by atomic mass is 9.85. The van der Waals surface area contributed by atoms with Gasteiger partial charge in [0.1, 0.15) is 0 Å². The fourth-order valence-corrected chi connectivity index (χ4v) is 2.30. The Morgan fingerprint density at radius 3 is 2.18 bits per heavy atom. The molecule has 0 aliphatic rings. The Labute approximate surface area is 106 Å². The van der Waals surface area contributed by atoms with Crippen molar-refractivity contribution in [2.75, 3.05) is 21.1 Å². The number of benzene rings is 1. The van der Waals surface area contributed by atoms with Crippen LogP contribution in [0.3, 0.4) is 0 Å². The van der Waals surface area contributed by atoms with E-state index in [0.29, 0.717) is 6.04 Å². The average Bonchev–Trinajstić information content (AvgIpc) is 2.21. The summed E-state index contributed by atoms with van der Waals surface area (Å²) in [6, 6.07) is 7.03. The molecule has 96 valence electrons. The van der Waals surface area contributed by atoms with Gasteiger partial charge in [0.05, 0.1) is 6.04 Å². The van der Waals surface area contributed by atoms with Gasteiger partial charge in [0.25, 0.3) is 0 Å². The van der Waals surface area contributed by atoms with Gasteiger partial charge in [-0.3, -0.25) is 0 Å². The Morgan fingerprint density at radius 1 is 1.18 bits per heavy atom. The first-order chi connectivity index (χ1) is 7.80. The van der Waals surface area contributed by atoms with Crippen LogP contribution in [0.25, 0.3) is 0 Å². The van der Waals surface area contributed by atoms with E-state index in [4.69, 9.17) is 0 Å². The van der Waals surface area contributed by atoms with Crippen molar-refractivity contribution in [3.05, 3.63) is 34.9 Å². The van der Waals surface area contributed by atoms with E-state index in [9.17, 15) is 0 Å². The summed E-state index contributed by atoms with van der Waals surface area (Å²) in [4.78, 5) is 2.27. The third-order valence-corrected chi connectivity index (χ3v) is 3.88. The molecule has 0 amide bonds. The molecule has 1 rings (SSSR count). The van der Waals surface area contributed by atoms with E-state index in [1.165, 1.54) is 16.7 Å². The normalized spacial score (nSPS) is 14.1. The Hall–Kier alpha value is -0.860. The summed E-state index contributed by atoms with van der Waals surface area (Å²) in [7, 11) is 6.30. The minimum atomic E-state index is 0.0781. The molecule has 0 aliphatic heterocycles. The van der Waals surface area contributed by atoms with Crippen LogP contribution in [-0.2, 0) is 0 Å². The highest BCUT2D eigenvalue weighted by molar-refractivity contribution is 5.34. The van der Waals surface area contributed by atoms with Crippen LogP contribution in [0.5, 0.6) is 0 Å². The molecule has 0 spiro atoms. The number of aryl methyl sites for hydroxylation is 2. The lowest BCUT2D eigenvalue weighted by Gasteiger charge is -2.41. The molecule has 0 saturated heterocycles. The van der Waals surface area contributed by atoms with Crippen LogP contribution in [0.1, 0.15) is 36.6 Å². The molecule has 1 atom stereocenters. The molecule has 1 aromatic rings. The van der Waals surface area contributed by atoms with Crippen LogP contribution in [0.2, 0.25) is 0 Å². The fourth-order valence-electron chi connectivity index (χ4n) is 2.30. The highest BCUT2D eigenvalue weighted by atomic mass is 15.2. The van der Waals surface area contributed by atoms with Crippen molar-refractivity contribution < 1.29 is 0 Å². The summed E-state index contributed by atoms with van der Waals surface area (Å²) in [5.41, 5.74) is 4.15. The third-order valence-electron chi connectivity index (χ3n) is 3.88. The fraction of sp³-hybridized carbons (Fsp3) is 0.600. The number of nitrogens with zero attached hydrogens (tertiary/aromatic N) is 1. The smallest absolute Gasteiger partial charge is 0.0501 e. The molecular formula is C15H26N2. The van der Waals surface area contributed by atoms with Gasteiger partial charge in [0.2, 0.25) is 0 Å². The first-order valence-electron chi connectivity index (χ1n) is 6.22. The van der Waals surface area contributed by atoms with Gasteiger partial charge in [-0.05, 0) is 60.0 Å². The van der Waals surface area contributed by atoms with Crippen molar-refractivity contribution in [1.29, 1.82) is 0 Å². The quantitative estimate of drug-likeness (QED) is 0.862. The van der Waals surface area contributed by atoms with Gasteiger partial charge >= 0.3 is 0 Å². The number of hydrogen-bond acceptors (Lipinski definition) is 2. The highest BCUT2D eigenvalue weighted by Crippen LogP contribution is 2.31. The molecule has 1 N–H and O–H groups in total. The summed E-state index contributed by atoms with van der Waals surface area (Å²) < 4.78 is 0. The van der Waals surface area contributed by atoms with Crippen molar-refractivity contribution in [3.63, 3.8) is 0 Å². The van der Waals surface area contributed by atoms with Crippen molar-refractivity contribution in [3.8, 4) is 0 Å². The Kier molecular flexibility index (Phi) is 4.34. The molecule has 0 saturated carbocycles. The Bertz CT molecular complexity index is 381. The molecule has 0 radical (unpaired) electrons. The molecule has 0 aromatic heterocycles. The van der Waals surface area contributed by atoms with E-state index in [2.05, 4.69) is 70.2 Å². The van der Waals surface area contributed by atoms with E-state index in [0.717, 1.165) is 0 Å². The lowest BCUT2D eigenvalue weighted by Crippen LogP contribution is -2.48. The second-order valence-electron chi connectivity index (χ2n) is 5.63. The van der Waals surface area contributed by atoms with Crippen LogP contribution in [0.15, 0.2) is 18.2 Å². The summed E-state index contributed by atoms with van der Waals surface area (Å²) >= 11 is 0. The van der Waals surface area contributed by atoms with Gasteiger partial charge in [-0.25, -0.2) is 0 Å². The van der Waals surface area contributed by atoms with Gasteiger partial charge < -0.3 is 10.2 Å². The van der Waals surface area contributed by atoms with Gasteiger partial charge in [-0.2, -0.15) is 0 Å². The van der Waals surface area contributed by atoms with Crippen molar-refractivity contribution in [1.82, 2.24) is 10.2 Å². The molecule has 2 heteroatoms. The van der Waals surface area contributed by atoms with Gasteiger partial charge in [0, 0.05) is 5.54 Å². The minimum absolute atomic E-state index is 0.0781. The summed E-state index contributed by atoms with van der Waals surface area (Å²) in [6.45, 7) is 8.88. The van der Waals surface area contributed by atoms with E-state index < -0.39 is 0 Å². The average molecular weight is 234 g/mol. The molecule has 1 unspecified atom stereocenters. The molecule has 0 heterocycles. The van der Waals surface area contributed by atoms with Crippen molar-refractivity contribution in [2.45, 2.75) is 39.3 Å². The van der Waals surface area contributed by atoms with Crippen molar-refractivity contribution in [2.24, 2.45) is 0 Å². The minimum Gasteiger partial charge on any atom is -0.311 e. The molecule has 17 heavy (non-hydrogen) atoms. The molecule has 0 bridgehead atoms. The topological polar surface area (TPSA) is 15.3 Å². The maximum Gasteiger partial charge on any atom is 0.0501 e. The zero-order valence-electron chi connectivity index (χ0n) is 12.3. The SMILES string of the molecule is CNC(c1ccc(C)cc1C)C(C)(C)N(C)C. The zero-order valence-corrected chi connectivity index (χ0v) is 12.3. The standard InChI is InChI=1S/C15H26N2/c1-11-8-9-13(12(2)10-11)14(16-5)15(3,4)17(6)7/h8-10,14,16H,1-7H3. The maximum absolute atomic E-state index is 3.46. The summed E-state index contributed by atoms with van der Waals surface area (Å²) in [5, 5.41) is 3.46. The number of hydrogen-bond donors (Lipinski definition) is 1. The summed E-state index contributed by atoms with van der Waals surface area (Å²) in [6.07, 6.45) is 0. The molecule has 0 aliphatic carbocycles. The van der Waals surface area contributed by atoms with Crippen molar-refractivity contribution >= 4 is 0 Å². The van der Waals surface area contributed by atoms with Gasteiger partial charge in [0.15, 0.2) is 0 Å². The first kappa shape index (κ1) is 14.2. The zero-order chi connectivity index (χ0) is 13.2. The first-order valence-corrected chi connectivity index (χ1v) is 6.22. The number of nitrogens with one attached hydrogen (secondary N) is 1. The molecule has 2 nitrogen and oxygen atoms in total. The molecule has 0 fully saturated rings. The van der Waals surface area contributed by atoms with Gasteiger partial charge in [-0.15, -0.1) is 0 Å². The molecular weight excluding hydrogens is 208 g/mol. The predicted octanol–water partition coefficient (Wildman–Crippen LogP) is 2.90. The van der Waals surface area contributed by atoms with E-state index in [1.54, 1.807) is 0 Å². The second kappa shape index (κ2) is 5.19. The van der Waals surface area contributed by atoms with E-state index in [1.807, 2.05) is 7.05 Å². The molecule has 1 aromatic carbocycles. The summed E-state index contributed by atoms with van der Waals surface area (Å²) in [5.74, 6) is 0. The predicted molar refractivity (Wildman–Crippen MR) is 75.5 cm³/mol. The van der Waals surface area contributed by atoms with Crippen LogP contribution in [0.4, 0.5) is 0 Å². The van der Waals surface area contributed by atoms with Crippen LogP contribution < -0.4 is 5.32 Å². The number of likely N-dealkylation sites (N-methyl/N-ethyl adjacent to an activating group) is 2. The van der Waals surface area contributed by atoms with Crippen LogP contribution in [-0.4, -0.2) is 31.6 Å². The lowest BCUT2D eigenvalue weighted by molar-refractivity contribution is 0.142. The van der Waals surface area contributed by atoms with E-state index >= 15 is 0 Å². The Morgan fingerprint density at radius 2 is 1.76 bits per heavy atom.